The number of primary amides is 1. The van der Waals surface area contributed by atoms with Crippen LogP contribution in [0.2, 0.25) is 0 Å². The molecular formula is C6H5ClN2O4S. The van der Waals surface area contributed by atoms with Crippen LogP contribution in [0.1, 0.15) is 0 Å². The van der Waals surface area contributed by atoms with E-state index in [-0.39, 0.29) is 10.8 Å². The summed E-state index contributed by atoms with van der Waals surface area (Å²) in [4.78, 5) is 13.6. The average molecular weight is 237 g/mol. The van der Waals surface area contributed by atoms with Gasteiger partial charge in [-0.25, -0.2) is 18.2 Å². The van der Waals surface area contributed by atoms with Crippen LogP contribution < -0.4 is 10.5 Å². The first kappa shape index (κ1) is 10.7. The van der Waals surface area contributed by atoms with Crippen molar-refractivity contribution in [2.45, 2.75) is 4.90 Å². The molecule has 6 nitrogen and oxygen atoms in total. The Bertz CT molecular complexity index is 459. The van der Waals surface area contributed by atoms with Crippen LogP contribution in [0.3, 0.4) is 0 Å². The molecule has 0 fully saturated rings. The zero-order valence-electron chi connectivity index (χ0n) is 6.68. The van der Waals surface area contributed by atoms with Crippen LogP contribution in [-0.2, 0) is 9.05 Å². The van der Waals surface area contributed by atoms with E-state index in [2.05, 4.69) is 9.72 Å². The number of hydrogen-bond acceptors (Lipinski definition) is 5. The normalized spacial score (nSPS) is 10.9. The van der Waals surface area contributed by atoms with Crippen molar-refractivity contribution in [3.8, 4) is 5.88 Å². The predicted octanol–water partition coefficient (Wildman–Crippen LogP) is 0.467. The van der Waals surface area contributed by atoms with Crippen LogP contribution in [0, 0.1) is 0 Å². The fraction of sp³-hybridized carbons (Fsp3) is 0. The second kappa shape index (κ2) is 3.81. The van der Waals surface area contributed by atoms with E-state index >= 15 is 0 Å². The summed E-state index contributed by atoms with van der Waals surface area (Å²) in [6, 6.07) is 2.16. The van der Waals surface area contributed by atoms with E-state index in [4.69, 9.17) is 16.4 Å². The molecule has 1 aromatic heterocycles. The Hall–Kier alpha value is -1.34. The van der Waals surface area contributed by atoms with Gasteiger partial charge in [0.2, 0.25) is 5.88 Å². The Kier molecular flexibility index (Phi) is 2.92. The summed E-state index contributed by atoms with van der Waals surface area (Å²) >= 11 is 0. The minimum Gasteiger partial charge on any atom is -0.391 e. The van der Waals surface area contributed by atoms with Gasteiger partial charge in [0.1, 0.15) is 0 Å². The zero-order valence-corrected chi connectivity index (χ0v) is 8.25. The van der Waals surface area contributed by atoms with Gasteiger partial charge in [-0.2, -0.15) is 0 Å². The van der Waals surface area contributed by atoms with Crippen molar-refractivity contribution >= 4 is 25.8 Å². The standard InChI is InChI=1S/C6H5ClN2O4S/c7-14(11,12)4-1-2-9-5(3-4)13-6(8)10/h1-3H,(H2,8,10). The van der Waals surface area contributed by atoms with Crippen LogP contribution in [0.15, 0.2) is 23.2 Å². The molecule has 0 bridgehead atoms. The first-order valence-corrected chi connectivity index (χ1v) is 5.58. The highest BCUT2D eigenvalue weighted by atomic mass is 35.7. The van der Waals surface area contributed by atoms with Gasteiger partial charge in [-0.05, 0) is 6.07 Å². The number of ether oxygens (including phenoxy) is 1. The average Bonchev–Trinajstić information content (AvgIpc) is 2.01. The van der Waals surface area contributed by atoms with Gasteiger partial charge in [0, 0.05) is 22.9 Å². The Labute approximate surface area is 84.1 Å². The van der Waals surface area contributed by atoms with E-state index in [9.17, 15) is 13.2 Å². The van der Waals surface area contributed by atoms with Crippen LogP contribution in [0.5, 0.6) is 5.88 Å². The number of halogens is 1. The Morgan fingerprint density at radius 2 is 2.21 bits per heavy atom. The zero-order chi connectivity index (χ0) is 10.8. The second-order valence-electron chi connectivity index (χ2n) is 2.19. The van der Waals surface area contributed by atoms with Crippen molar-refractivity contribution in [3.05, 3.63) is 18.3 Å². The lowest BCUT2D eigenvalue weighted by Crippen LogP contribution is -2.17. The number of pyridine rings is 1. The van der Waals surface area contributed by atoms with E-state index in [1.807, 2.05) is 0 Å². The van der Waals surface area contributed by atoms with Crippen molar-refractivity contribution in [1.82, 2.24) is 4.98 Å². The van der Waals surface area contributed by atoms with E-state index in [1.54, 1.807) is 0 Å². The van der Waals surface area contributed by atoms with Gasteiger partial charge in [-0.3, -0.25) is 0 Å². The number of amides is 1. The number of hydrogen-bond donors (Lipinski definition) is 1. The maximum absolute atomic E-state index is 10.8. The van der Waals surface area contributed by atoms with Crippen molar-refractivity contribution in [1.29, 1.82) is 0 Å². The van der Waals surface area contributed by atoms with Crippen LogP contribution >= 0.6 is 10.7 Å². The summed E-state index contributed by atoms with van der Waals surface area (Å²) in [5.41, 5.74) is 4.70. The van der Waals surface area contributed by atoms with Gasteiger partial charge in [-0.15, -0.1) is 0 Å². The first-order chi connectivity index (χ1) is 6.39. The predicted molar refractivity (Wildman–Crippen MR) is 47.5 cm³/mol. The highest BCUT2D eigenvalue weighted by Gasteiger charge is 2.11. The van der Waals surface area contributed by atoms with Gasteiger partial charge in [0.25, 0.3) is 9.05 Å². The highest BCUT2D eigenvalue weighted by Crippen LogP contribution is 2.17. The SMILES string of the molecule is NC(=O)Oc1cc(S(=O)(=O)Cl)ccn1. The fourth-order valence-corrected chi connectivity index (χ4v) is 1.45. The number of nitrogens with zero attached hydrogens (tertiary/aromatic N) is 1. The summed E-state index contributed by atoms with van der Waals surface area (Å²) in [6.07, 6.45) is 0.0506. The Morgan fingerprint density at radius 1 is 1.57 bits per heavy atom. The molecule has 0 saturated heterocycles. The molecule has 0 aliphatic heterocycles. The molecule has 0 spiro atoms. The molecule has 0 atom stereocenters. The molecule has 1 amide bonds. The third kappa shape index (κ3) is 2.86. The molecule has 76 valence electrons. The Morgan fingerprint density at radius 3 is 2.71 bits per heavy atom. The van der Waals surface area contributed by atoms with Crippen molar-refractivity contribution in [2.75, 3.05) is 0 Å². The molecule has 0 aliphatic carbocycles. The summed E-state index contributed by atoms with van der Waals surface area (Å²) in [6.45, 7) is 0. The van der Waals surface area contributed by atoms with Gasteiger partial charge in [-0.1, -0.05) is 0 Å². The van der Waals surface area contributed by atoms with Crippen LogP contribution in [-0.4, -0.2) is 19.5 Å². The molecule has 8 heteroatoms. The molecule has 0 unspecified atom stereocenters. The van der Waals surface area contributed by atoms with Gasteiger partial charge in [0.05, 0.1) is 4.90 Å². The summed E-state index contributed by atoms with van der Waals surface area (Å²) in [5, 5.41) is 0. The number of nitrogens with two attached hydrogens (primary N) is 1. The van der Waals surface area contributed by atoms with Gasteiger partial charge < -0.3 is 10.5 Å². The number of rotatable bonds is 2. The molecule has 0 aromatic carbocycles. The van der Waals surface area contributed by atoms with Crippen molar-refractivity contribution in [3.63, 3.8) is 0 Å². The number of carbonyl (C=O) groups excluding carboxylic acids is 1. The number of carbonyl (C=O) groups is 1. The molecule has 2 N–H and O–H groups in total. The summed E-state index contributed by atoms with van der Waals surface area (Å²) in [7, 11) is 1.18. The molecule has 1 heterocycles. The summed E-state index contributed by atoms with van der Waals surface area (Å²) in [5.74, 6) is -0.223. The fourth-order valence-electron chi connectivity index (χ4n) is 0.702. The van der Waals surface area contributed by atoms with Crippen molar-refractivity contribution in [2.24, 2.45) is 5.73 Å². The maximum atomic E-state index is 10.8. The van der Waals surface area contributed by atoms with E-state index in [1.165, 1.54) is 0 Å². The molecule has 0 aliphatic rings. The molecule has 1 aromatic rings. The lowest BCUT2D eigenvalue weighted by Gasteiger charge is -2.00. The highest BCUT2D eigenvalue weighted by molar-refractivity contribution is 8.13. The topological polar surface area (TPSA) is 99.4 Å². The first-order valence-electron chi connectivity index (χ1n) is 3.27. The third-order valence-electron chi connectivity index (χ3n) is 1.19. The van der Waals surface area contributed by atoms with Crippen molar-refractivity contribution < 1.29 is 17.9 Å². The molecule has 0 radical (unpaired) electrons. The molecule has 1 rings (SSSR count). The lowest BCUT2D eigenvalue weighted by molar-refractivity contribution is 0.209. The van der Waals surface area contributed by atoms with Gasteiger partial charge in [0.15, 0.2) is 0 Å². The minimum atomic E-state index is -3.86. The lowest BCUT2D eigenvalue weighted by atomic mass is 10.5. The molecule has 0 saturated carbocycles. The molecular weight excluding hydrogens is 232 g/mol. The second-order valence-corrected chi connectivity index (χ2v) is 4.75. The minimum absolute atomic E-state index is 0.217. The summed E-state index contributed by atoms with van der Waals surface area (Å²) < 4.78 is 26.0. The third-order valence-corrected chi connectivity index (χ3v) is 2.54. The van der Waals surface area contributed by atoms with E-state index in [0.29, 0.717) is 0 Å². The van der Waals surface area contributed by atoms with E-state index in [0.717, 1.165) is 18.3 Å². The van der Waals surface area contributed by atoms with Crippen LogP contribution in [0.4, 0.5) is 4.79 Å². The van der Waals surface area contributed by atoms with E-state index < -0.39 is 15.1 Å². The van der Waals surface area contributed by atoms with Crippen LogP contribution in [0.25, 0.3) is 0 Å². The Balaban J connectivity index is 3.08. The monoisotopic (exact) mass is 236 g/mol. The smallest absolute Gasteiger partial charge is 0.391 e. The maximum Gasteiger partial charge on any atom is 0.411 e. The van der Waals surface area contributed by atoms with Gasteiger partial charge >= 0.3 is 6.09 Å². The number of aromatic nitrogens is 1. The largest absolute Gasteiger partial charge is 0.411 e. The quantitative estimate of drug-likeness (QED) is 0.753. The molecule has 14 heavy (non-hydrogen) atoms.